The molecule has 0 aliphatic carbocycles. The summed E-state index contributed by atoms with van der Waals surface area (Å²) in [5, 5.41) is 6.66. The zero-order valence-electron chi connectivity index (χ0n) is 14.9. The molecule has 1 aromatic carbocycles. The number of furan rings is 1. The third-order valence-corrected chi connectivity index (χ3v) is 3.65. The number of amides is 1. The lowest BCUT2D eigenvalue weighted by atomic mass is 10.2. The average molecular weight is 491 g/mol. The molecule has 1 heterocycles. The van der Waals surface area contributed by atoms with E-state index in [9.17, 15) is 4.79 Å². The minimum Gasteiger partial charge on any atom is -0.467 e. The van der Waals surface area contributed by atoms with E-state index in [0.717, 1.165) is 5.56 Å². The van der Waals surface area contributed by atoms with Gasteiger partial charge in [-0.25, -0.2) is 4.99 Å². The SMILES string of the molecule is CCNC(=NCC(=O)NCc1ccco1)N(C)Cc1cccc(Cl)c1.I. The summed E-state index contributed by atoms with van der Waals surface area (Å²) in [6.45, 7) is 3.74. The second-order valence-electron chi connectivity index (χ2n) is 5.51. The van der Waals surface area contributed by atoms with Gasteiger partial charge in [0.05, 0.1) is 12.8 Å². The van der Waals surface area contributed by atoms with Crippen molar-refractivity contribution >= 4 is 47.4 Å². The predicted molar refractivity (Wildman–Crippen MR) is 115 cm³/mol. The molecule has 2 rings (SSSR count). The molecule has 1 amide bonds. The van der Waals surface area contributed by atoms with Crippen molar-refractivity contribution in [2.45, 2.75) is 20.0 Å². The largest absolute Gasteiger partial charge is 0.467 e. The van der Waals surface area contributed by atoms with Crippen LogP contribution < -0.4 is 10.6 Å². The maximum absolute atomic E-state index is 11.9. The van der Waals surface area contributed by atoms with Crippen LogP contribution in [0.4, 0.5) is 0 Å². The number of carbonyl (C=O) groups is 1. The highest BCUT2D eigenvalue weighted by Gasteiger charge is 2.08. The van der Waals surface area contributed by atoms with Crippen molar-refractivity contribution in [1.29, 1.82) is 0 Å². The molecule has 0 aliphatic heterocycles. The Balaban J connectivity index is 0.00000338. The smallest absolute Gasteiger partial charge is 0.242 e. The number of carbonyl (C=O) groups excluding carboxylic acids is 1. The summed E-state index contributed by atoms with van der Waals surface area (Å²) in [6, 6.07) is 11.3. The van der Waals surface area contributed by atoms with Crippen LogP contribution in [0.2, 0.25) is 5.02 Å². The van der Waals surface area contributed by atoms with Gasteiger partial charge in [0.1, 0.15) is 12.3 Å². The van der Waals surface area contributed by atoms with Crippen molar-refractivity contribution < 1.29 is 9.21 Å². The summed E-state index contributed by atoms with van der Waals surface area (Å²) >= 11 is 6.02. The van der Waals surface area contributed by atoms with Gasteiger partial charge < -0.3 is 20.0 Å². The molecule has 0 bridgehead atoms. The summed E-state index contributed by atoms with van der Waals surface area (Å²) in [6.07, 6.45) is 1.58. The number of nitrogens with zero attached hydrogens (tertiary/aromatic N) is 2. The van der Waals surface area contributed by atoms with Crippen LogP contribution in [0.15, 0.2) is 52.1 Å². The van der Waals surface area contributed by atoms with Crippen molar-refractivity contribution in [2.75, 3.05) is 20.1 Å². The van der Waals surface area contributed by atoms with E-state index in [4.69, 9.17) is 16.0 Å². The quantitative estimate of drug-likeness (QED) is 0.355. The zero-order chi connectivity index (χ0) is 18.1. The number of rotatable bonds is 7. The standard InChI is InChI=1S/C18H23ClN4O2.HI/c1-3-20-18(23(2)13-14-6-4-7-15(19)10-14)22-12-17(24)21-11-16-8-5-9-25-16;/h4-10H,3,11-13H2,1-2H3,(H,20,22)(H,21,24);1H. The third kappa shape index (κ3) is 7.65. The fourth-order valence-corrected chi connectivity index (χ4v) is 2.47. The highest BCUT2D eigenvalue weighted by Crippen LogP contribution is 2.12. The molecule has 0 atom stereocenters. The highest BCUT2D eigenvalue weighted by molar-refractivity contribution is 14.0. The molecule has 0 radical (unpaired) electrons. The number of hydrogen-bond acceptors (Lipinski definition) is 3. The first-order valence-electron chi connectivity index (χ1n) is 8.11. The number of halogens is 2. The maximum Gasteiger partial charge on any atom is 0.242 e. The summed E-state index contributed by atoms with van der Waals surface area (Å²) in [5.41, 5.74) is 1.07. The molecule has 0 saturated carbocycles. The van der Waals surface area contributed by atoms with Gasteiger partial charge in [0.25, 0.3) is 0 Å². The molecule has 2 aromatic rings. The van der Waals surface area contributed by atoms with Gasteiger partial charge in [-0.2, -0.15) is 0 Å². The molecule has 2 N–H and O–H groups in total. The Morgan fingerprint density at radius 2 is 2.08 bits per heavy atom. The van der Waals surface area contributed by atoms with Crippen molar-refractivity contribution in [3.05, 3.63) is 59.0 Å². The van der Waals surface area contributed by atoms with Crippen LogP contribution in [0.1, 0.15) is 18.2 Å². The van der Waals surface area contributed by atoms with E-state index in [1.807, 2.05) is 49.2 Å². The first kappa shape index (κ1) is 22.3. The third-order valence-electron chi connectivity index (χ3n) is 3.42. The van der Waals surface area contributed by atoms with Gasteiger partial charge in [-0.15, -0.1) is 24.0 Å². The van der Waals surface area contributed by atoms with Crippen molar-refractivity contribution in [3.63, 3.8) is 0 Å². The van der Waals surface area contributed by atoms with Crippen LogP contribution in [0, 0.1) is 0 Å². The average Bonchev–Trinajstić information content (AvgIpc) is 3.10. The zero-order valence-corrected chi connectivity index (χ0v) is 18.0. The Hall–Kier alpha value is -1.74. The van der Waals surface area contributed by atoms with Gasteiger partial charge in [-0.1, -0.05) is 23.7 Å². The van der Waals surface area contributed by atoms with Crippen molar-refractivity contribution in [3.8, 4) is 0 Å². The molecule has 0 saturated heterocycles. The lowest BCUT2D eigenvalue weighted by Crippen LogP contribution is -2.39. The second-order valence-corrected chi connectivity index (χ2v) is 5.95. The molecule has 0 fully saturated rings. The Bertz CT molecular complexity index is 707. The Labute approximate surface area is 176 Å². The Kier molecular flexibility index (Phi) is 10.1. The number of hydrogen-bond donors (Lipinski definition) is 2. The van der Waals surface area contributed by atoms with Crippen molar-refractivity contribution in [2.24, 2.45) is 4.99 Å². The number of nitrogens with one attached hydrogen (secondary N) is 2. The van der Waals surface area contributed by atoms with Gasteiger partial charge >= 0.3 is 0 Å². The fourth-order valence-electron chi connectivity index (χ4n) is 2.26. The molecule has 0 unspecified atom stereocenters. The highest BCUT2D eigenvalue weighted by atomic mass is 127. The molecule has 1 aromatic heterocycles. The van der Waals surface area contributed by atoms with Gasteiger partial charge in [0.15, 0.2) is 5.96 Å². The van der Waals surface area contributed by atoms with Crippen LogP contribution in [0.3, 0.4) is 0 Å². The molecule has 0 aliphatic rings. The Morgan fingerprint density at radius 3 is 2.73 bits per heavy atom. The molecule has 142 valence electrons. The van der Waals surface area contributed by atoms with Crippen LogP contribution in [0.25, 0.3) is 0 Å². The monoisotopic (exact) mass is 490 g/mol. The second kappa shape index (κ2) is 11.8. The molecular weight excluding hydrogens is 467 g/mol. The van der Waals surface area contributed by atoms with E-state index in [1.54, 1.807) is 12.3 Å². The van der Waals surface area contributed by atoms with E-state index in [2.05, 4.69) is 15.6 Å². The summed E-state index contributed by atoms with van der Waals surface area (Å²) in [5.74, 6) is 1.21. The van der Waals surface area contributed by atoms with Crippen LogP contribution >= 0.6 is 35.6 Å². The number of benzene rings is 1. The van der Waals surface area contributed by atoms with Gasteiger partial charge in [0, 0.05) is 25.2 Å². The topological polar surface area (TPSA) is 69.9 Å². The predicted octanol–water partition coefficient (Wildman–Crippen LogP) is 3.26. The molecule has 26 heavy (non-hydrogen) atoms. The van der Waals surface area contributed by atoms with Crippen LogP contribution in [0.5, 0.6) is 0 Å². The number of guanidine groups is 1. The first-order chi connectivity index (χ1) is 12.1. The fraction of sp³-hybridized carbons (Fsp3) is 0.333. The summed E-state index contributed by atoms with van der Waals surface area (Å²) < 4.78 is 5.18. The molecule has 8 heteroatoms. The normalized spacial score (nSPS) is 10.8. The minimum absolute atomic E-state index is 0. The lowest BCUT2D eigenvalue weighted by Gasteiger charge is -2.22. The Morgan fingerprint density at radius 1 is 1.27 bits per heavy atom. The number of aliphatic imine (C=N–C) groups is 1. The molecule has 0 spiro atoms. The molecule has 6 nitrogen and oxygen atoms in total. The van der Waals surface area contributed by atoms with Gasteiger partial charge in [-0.05, 0) is 36.8 Å². The maximum atomic E-state index is 11.9. The lowest BCUT2D eigenvalue weighted by molar-refractivity contribution is -0.119. The van der Waals surface area contributed by atoms with E-state index < -0.39 is 0 Å². The van der Waals surface area contributed by atoms with Gasteiger partial charge in [0.2, 0.25) is 5.91 Å². The first-order valence-corrected chi connectivity index (χ1v) is 8.49. The minimum atomic E-state index is -0.164. The van der Waals surface area contributed by atoms with Gasteiger partial charge in [-0.3, -0.25) is 4.79 Å². The van der Waals surface area contributed by atoms with Crippen LogP contribution in [-0.4, -0.2) is 36.9 Å². The van der Waals surface area contributed by atoms with Crippen molar-refractivity contribution in [1.82, 2.24) is 15.5 Å². The summed E-state index contributed by atoms with van der Waals surface area (Å²) in [7, 11) is 1.92. The van der Waals surface area contributed by atoms with E-state index in [-0.39, 0.29) is 36.4 Å². The summed E-state index contributed by atoms with van der Waals surface area (Å²) in [4.78, 5) is 18.3. The molecular formula is C18H24ClIN4O2. The van der Waals surface area contributed by atoms with E-state index in [1.165, 1.54) is 0 Å². The van der Waals surface area contributed by atoms with E-state index in [0.29, 0.717) is 36.4 Å². The van der Waals surface area contributed by atoms with Crippen LogP contribution in [-0.2, 0) is 17.9 Å². The van der Waals surface area contributed by atoms with E-state index >= 15 is 0 Å².